The van der Waals surface area contributed by atoms with Crippen LogP contribution in [-0.4, -0.2) is 40.6 Å². The SMILES string of the molecule is COc1ccc(OC)c(CCNC(=O)c2cc(S(=O)(=O)NC(C)(C)C)ccc2C)c1. The highest BCUT2D eigenvalue weighted by Crippen LogP contribution is 2.24. The van der Waals surface area contributed by atoms with Gasteiger partial charge in [-0.25, -0.2) is 13.1 Å². The van der Waals surface area contributed by atoms with Crippen molar-refractivity contribution in [2.24, 2.45) is 0 Å². The lowest BCUT2D eigenvalue weighted by Gasteiger charge is -2.20. The summed E-state index contributed by atoms with van der Waals surface area (Å²) in [4.78, 5) is 12.8. The van der Waals surface area contributed by atoms with Crippen molar-refractivity contribution >= 4 is 15.9 Å². The lowest BCUT2D eigenvalue weighted by Crippen LogP contribution is -2.40. The second kappa shape index (κ2) is 9.49. The lowest BCUT2D eigenvalue weighted by molar-refractivity contribution is 0.0953. The van der Waals surface area contributed by atoms with Gasteiger partial charge in [-0.3, -0.25) is 4.79 Å². The van der Waals surface area contributed by atoms with Gasteiger partial charge < -0.3 is 14.8 Å². The molecule has 7 nitrogen and oxygen atoms in total. The summed E-state index contributed by atoms with van der Waals surface area (Å²) in [6.45, 7) is 7.42. The van der Waals surface area contributed by atoms with Crippen molar-refractivity contribution in [3.63, 3.8) is 0 Å². The van der Waals surface area contributed by atoms with Gasteiger partial charge in [-0.2, -0.15) is 0 Å². The summed E-state index contributed by atoms with van der Waals surface area (Å²) in [6, 6.07) is 10.0. The number of amides is 1. The van der Waals surface area contributed by atoms with Crippen LogP contribution in [0.25, 0.3) is 0 Å². The molecule has 8 heteroatoms. The Morgan fingerprint density at radius 2 is 1.73 bits per heavy atom. The van der Waals surface area contributed by atoms with Gasteiger partial charge in [-0.05, 0) is 75.6 Å². The fourth-order valence-corrected chi connectivity index (χ4v) is 4.40. The summed E-state index contributed by atoms with van der Waals surface area (Å²) in [6.07, 6.45) is 0.536. The number of hydrogen-bond donors (Lipinski definition) is 2. The summed E-state index contributed by atoms with van der Waals surface area (Å²) in [5, 5.41) is 2.85. The van der Waals surface area contributed by atoms with Crippen molar-refractivity contribution in [2.75, 3.05) is 20.8 Å². The van der Waals surface area contributed by atoms with Crippen molar-refractivity contribution in [1.82, 2.24) is 10.0 Å². The van der Waals surface area contributed by atoms with E-state index in [1.54, 1.807) is 48.0 Å². The normalized spacial score (nSPS) is 11.8. The standard InChI is InChI=1S/C22H30N2O5S/c1-15-7-9-18(30(26,27)24-22(2,3)4)14-19(15)21(25)23-12-11-16-13-17(28-5)8-10-20(16)29-6/h7-10,13-14,24H,11-12H2,1-6H3,(H,23,25). The second-order valence-corrected chi connectivity index (χ2v) is 9.70. The fraction of sp³-hybridized carbons (Fsp3) is 0.409. The van der Waals surface area contributed by atoms with Crippen molar-refractivity contribution in [2.45, 2.75) is 44.6 Å². The maximum atomic E-state index is 12.7. The molecule has 0 fully saturated rings. The molecule has 164 valence electrons. The molecule has 0 saturated carbocycles. The fourth-order valence-electron chi connectivity index (χ4n) is 2.96. The molecule has 30 heavy (non-hydrogen) atoms. The number of methoxy groups -OCH3 is 2. The van der Waals surface area contributed by atoms with E-state index in [-0.39, 0.29) is 10.8 Å². The van der Waals surface area contributed by atoms with Crippen LogP contribution in [0.15, 0.2) is 41.3 Å². The first-order chi connectivity index (χ1) is 14.0. The molecule has 0 bridgehead atoms. The molecule has 0 atom stereocenters. The molecule has 0 aliphatic heterocycles. The topological polar surface area (TPSA) is 93.7 Å². The van der Waals surface area contributed by atoms with Crippen molar-refractivity contribution in [3.05, 3.63) is 53.1 Å². The van der Waals surface area contributed by atoms with Crippen LogP contribution in [-0.2, 0) is 16.4 Å². The van der Waals surface area contributed by atoms with Crippen molar-refractivity contribution < 1.29 is 22.7 Å². The molecular weight excluding hydrogens is 404 g/mol. The predicted molar refractivity (Wildman–Crippen MR) is 117 cm³/mol. The molecule has 2 rings (SSSR count). The van der Waals surface area contributed by atoms with E-state index in [2.05, 4.69) is 10.0 Å². The quantitative estimate of drug-likeness (QED) is 0.666. The van der Waals surface area contributed by atoms with Gasteiger partial charge >= 0.3 is 0 Å². The van der Waals surface area contributed by atoms with Crippen LogP contribution in [0.1, 0.15) is 42.3 Å². The summed E-state index contributed by atoms with van der Waals surface area (Å²) in [5.74, 6) is 1.09. The minimum atomic E-state index is -3.73. The Labute approximate surface area is 178 Å². The van der Waals surface area contributed by atoms with E-state index in [0.29, 0.717) is 35.6 Å². The summed E-state index contributed by atoms with van der Waals surface area (Å²) in [5.41, 5.74) is 1.30. The zero-order valence-corrected chi connectivity index (χ0v) is 19.1. The number of carbonyl (C=O) groups excluding carboxylic acids is 1. The smallest absolute Gasteiger partial charge is 0.251 e. The highest BCUT2D eigenvalue weighted by atomic mass is 32.2. The number of benzene rings is 2. The van der Waals surface area contributed by atoms with Gasteiger partial charge in [-0.15, -0.1) is 0 Å². The van der Waals surface area contributed by atoms with Gasteiger partial charge in [0.15, 0.2) is 0 Å². The van der Waals surface area contributed by atoms with Crippen LogP contribution in [0.2, 0.25) is 0 Å². The third-order valence-corrected chi connectivity index (χ3v) is 6.13. The Morgan fingerprint density at radius 3 is 2.33 bits per heavy atom. The van der Waals surface area contributed by atoms with E-state index in [1.807, 2.05) is 18.2 Å². The van der Waals surface area contributed by atoms with Crippen LogP contribution >= 0.6 is 0 Å². The Kier molecular flexibility index (Phi) is 7.49. The Balaban J connectivity index is 2.15. The second-order valence-electron chi connectivity index (χ2n) is 8.02. The summed E-state index contributed by atoms with van der Waals surface area (Å²) in [7, 11) is -0.554. The average Bonchev–Trinajstić information content (AvgIpc) is 2.66. The minimum absolute atomic E-state index is 0.0580. The Morgan fingerprint density at radius 1 is 1.03 bits per heavy atom. The molecule has 0 heterocycles. The van der Waals surface area contributed by atoms with E-state index < -0.39 is 15.6 Å². The molecule has 0 aromatic heterocycles. The molecule has 0 aliphatic carbocycles. The van der Waals surface area contributed by atoms with Gasteiger partial charge in [0.25, 0.3) is 5.91 Å². The van der Waals surface area contributed by atoms with Crippen LogP contribution in [0.4, 0.5) is 0 Å². The van der Waals surface area contributed by atoms with Gasteiger partial charge in [0.05, 0.1) is 19.1 Å². The Bertz CT molecular complexity index is 1010. The first kappa shape index (κ1) is 23.7. The number of hydrogen-bond acceptors (Lipinski definition) is 5. The largest absolute Gasteiger partial charge is 0.497 e. The molecule has 0 radical (unpaired) electrons. The lowest BCUT2D eigenvalue weighted by atomic mass is 10.1. The zero-order chi connectivity index (χ0) is 22.5. The van der Waals surface area contributed by atoms with E-state index in [1.165, 1.54) is 12.1 Å². The van der Waals surface area contributed by atoms with E-state index in [0.717, 1.165) is 5.56 Å². The predicted octanol–water partition coefficient (Wildman–Crippen LogP) is 3.06. The third kappa shape index (κ3) is 6.21. The number of ether oxygens (including phenoxy) is 2. The van der Waals surface area contributed by atoms with Crippen molar-refractivity contribution in [1.29, 1.82) is 0 Å². The number of sulfonamides is 1. The molecule has 0 spiro atoms. The highest BCUT2D eigenvalue weighted by Gasteiger charge is 2.23. The van der Waals surface area contributed by atoms with Gasteiger partial charge in [-0.1, -0.05) is 6.07 Å². The third-order valence-electron chi connectivity index (χ3n) is 4.37. The zero-order valence-electron chi connectivity index (χ0n) is 18.3. The van der Waals surface area contributed by atoms with Crippen LogP contribution in [0, 0.1) is 6.92 Å². The molecule has 0 unspecified atom stereocenters. The Hall–Kier alpha value is -2.58. The molecule has 0 saturated heterocycles. The summed E-state index contributed by atoms with van der Waals surface area (Å²) >= 11 is 0. The van der Waals surface area contributed by atoms with Gasteiger partial charge in [0.1, 0.15) is 11.5 Å². The monoisotopic (exact) mass is 434 g/mol. The number of carbonyl (C=O) groups is 1. The minimum Gasteiger partial charge on any atom is -0.497 e. The van der Waals surface area contributed by atoms with Crippen LogP contribution in [0.5, 0.6) is 11.5 Å². The molecule has 1 amide bonds. The first-order valence-electron chi connectivity index (χ1n) is 9.60. The molecule has 0 aliphatic rings. The molecular formula is C22H30N2O5S. The number of rotatable bonds is 8. The van der Waals surface area contributed by atoms with E-state index >= 15 is 0 Å². The molecule has 2 N–H and O–H groups in total. The number of aryl methyl sites for hydroxylation is 1. The molecule has 2 aromatic carbocycles. The van der Waals surface area contributed by atoms with E-state index in [4.69, 9.17) is 9.47 Å². The van der Waals surface area contributed by atoms with E-state index in [9.17, 15) is 13.2 Å². The average molecular weight is 435 g/mol. The van der Waals surface area contributed by atoms with Crippen molar-refractivity contribution in [3.8, 4) is 11.5 Å². The maximum absolute atomic E-state index is 12.7. The van der Waals surface area contributed by atoms with Gasteiger partial charge in [0, 0.05) is 17.6 Å². The van der Waals surface area contributed by atoms with Gasteiger partial charge in [0.2, 0.25) is 10.0 Å². The molecule has 2 aromatic rings. The van der Waals surface area contributed by atoms with Crippen LogP contribution < -0.4 is 19.5 Å². The maximum Gasteiger partial charge on any atom is 0.251 e. The number of nitrogens with one attached hydrogen (secondary N) is 2. The summed E-state index contributed by atoms with van der Waals surface area (Å²) < 4.78 is 38.4. The first-order valence-corrected chi connectivity index (χ1v) is 11.1. The van der Waals surface area contributed by atoms with Crippen LogP contribution in [0.3, 0.4) is 0 Å². The highest BCUT2D eigenvalue weighted by molar-refractivity contribution is 7.89.